The summed E-state index contributed by atoms with van der Waals surface area (Å²) in [6.45, 7) is 1.72. The number of carbonyl (C=O) groups is 2. The maximum absolute atomic E-state index is 12.7. The molecule has 4 rings (SSSR count). The second-order valence-electron chi connectivity index (χ2n) is 6.99. The lowest BCUT2D eigenvalue weighted by molar-refractivity contribution is -0.147. The van der Waals surface area contributed by atoms with Gasteiger partial charge in [0.25, 0.3) is 0 Å². The molecule has 0 bridgehead atoms. The van der Waals surface area contributed by atoms with Crippen LogP contribution >= 0.6 is 11.6 Å². The van der Waals surface area contributed by atoms with Crippen molar-refractivity contribution in [2.75, 3.05) is 6.61 Å². The van der Waals surface area contributed by atoms with Gasteiger partial charge in [-0.25, -0.2) is 4.79 Å². The Bertz CT molecular complexity index is 1150. The minimum absolute atomic E-state index is 0.183. The molecule has 1 heterocycles. The number of ketones is 1. The third kappa shape index (κ3) is 4.78. The minimum Gasteiger partial charge on any atom is -0.481 e. The first-order chi connectivity index (χ1) is 15.0. The first kappa shape index (κ1) is 20.7. The van der Waals surface area contributed by atoms with Gasteiger partial charge in [-0.2, -0.15) is 0 Å². The Hall–Kier alpha value is -3.57. The van der Waals surface area contributed by atoms with Gasteiger partial charge < -0.3 is 14.2 Å². The molecular formula is C25H19ClO5. The Labute approximate surface area is 184 Å². The van der Waals surface area contributed by atoms with Crippen LogP contribution in [-0.4, -0.2) is 18.4 Å². The monoisotopic (exact) mass is 434 g/mol. The third-order valence-corrected chi connectivity index (χ3v) is 5.04. The maximum Gasteiger partial charge on any atom is 0.344 e. The number of Topliss-reactive ketones (excluding diaryl/α,β-unsaturated/α-hetero) is 1. The van der Waals surface area contributed by atoms with Crippen LogP contribution in [0.4, 0.5) is 0 Å². The van der Waals surface area contributed by atoms with Gasteiger partial charge in [0.2, 0.25) is 5.78 Å². The van der Waals surface area contributed by atoms with Crippen LogP contribution in [0.2, 0.25) is 5.02 Å². The number of allylic oxidation sites excluding steroid dienone is 1. The van der Waals surface area contributed by atoms with Crippen molar-refractivity contribution in [2.24, 2.45) is 0 Å². The average Bonchev–Trinajstić information content (AvgIpc) is 3.10. The molecule has 0 aromatic heterocycles. The van der Waals surface area contributed by atoms with Crippen LogP contribution in [0.3, 0.4) is 0 Å². The molecule has 3 aromatic rings. The predicted octanol–water partition coefficient (Wildman–Crippen LogP) is 5.39. The van der Waals surface area contributed by atoms with Gasteiger partial charge >= 0.3 is 5.97 Å². The summed E-state index contributed by atoms with van der Waals surface area (Å²) < 4.78 is 16.7. The van der Waals surface area contributed by atoms with Crippen molar-refractivity contribution < 1.29 is 23.8 Å². The van der Waals surface area contributed by atoms with Gasteiger partial charge in [-0.1, -0.05) is 54.1 Å². The second-order valence-corrected chi connectivity index (χ2v) is 7.43. The molecule has 0 N–H and O–H groups in total. The summed E-state index contributed by atoms with van der Waals surface area (Å²) in [5.41, 5.74) is 2.80. The molecule has 0 amide bonds. The van der Waals surface area contributed by atoms with Crippen molar-refractivity contribution in [3.05, 3.63) is 99.8 Å². The normalized spacial score (nSPS) is 13.6. The number of rotatable bonds is 6. The van der Waals surface area contributed by atoms with Crippen LogP contribution in [0.25, 0.3) is 6.08 Å². The van der Waals surface area contributed by atoms with E-state index in [-0.39, 0.29) is 24.8 Å². The SMILES string of the molecule is Cc1c(OCC(=O)OCc2ccccc2)ccc2c1O/C(=C\c1ccc(Cl)cc1)C2=O. The van der Waals surface area contributed by atoms with E-state index in [9.17, 15) is 9.59 Å². The number of halogens is 1. The van der Waals surface area contributed by atoms with Gasteiger partial charge in [-0.05, 0) is 48.4 Å². The lowest BCUT2D eigenvalue weighted by Crippen LogP contribution is -2.15. The molecule has 0 saturated carbocycles. The van der Waals surface area contributed by atoms with Crippen LogP contribution in [0.1, 0.15) is 27.0 Å². The Kier molecular flexibility index (Phi) is 6.05. The van der Waals surface area contributed by atoms with Crippen molar-refractivity contribution in [1.29, 1.82) is 0 Å². The maximum atomic E-state index is 12.7. The number of hydrogen-bond donors (Lipinski definition) is 0. The highest BCUT2D eigenvalue weighted by atomic mass is 35.5. The summed E-state index contributed by atoms with van der Waals surface area (Å²) in [6.07, 6.45) is 1.67. The standard InChI is InChI=1S/C25H19ClO5/c1-16-21(29-15-23(27)30-14-18-5-3-2-4-6-18)12-11-20-24(28)22(31-25(16)20)13-17-7-9-19(26)10-8-17/h2-13H,14-15H2,1H3/b22-13-. The van der Waals surface area contributed by atoms with Crippen molar-refractivity contribution in [2.45, 2.75) is 13.5 Å². The van der Waals surface area contributed by atoms with Gasteiger partial charge in [0.05, 0.1) is 5.56 Å². The van der Waals surface area contributed by atoms with Crippen LogP contribution in [0.5, 0.6) is 11.5 Å². The van der Waals surface area contributed by atoms with Crippen LogP contribution in [-0.2, 0) is 16.1 Å². The molecule has 156 valence electrons. The lowest BCUT2D eigenvalue weighted by Gasteiger charge is -2.11. The summed E-state index contributed by atoms with van der Waals surface area (Å²) >= 11 is 5.91. The smallest absolute Gasteiger partial charge is 0.344 e. The zero-order valence-corrected chi connectivity index (χ0v) is 17.5. The zero-order valence-electron chi connectivity index (χ0n) is 16.8. The van der Waals surface area contributed by atoms with E-state index in [1.165, 1.54) is 0 Å². The van der Waals surface area contributed by atoms with E-state index in [1.807, 2.05) is 30.3 Å². The number of fused-ring (bicyclic) bond motifs is 1. The first-order valence-electron chi connectivity index (χ1n) is 9.67. The quantitative estimate of drug-likeness (QED) is 0.384. The summed E-state index contributed by atoms with van der Waals surface area (Å²) in [7, 11) is 0. The van der Waals surface area contributed by atoms with E-state index in [1.54, 1.807) is 49.4 Å². The highest BCUT2D eigenvalue weighted by Crippen LogP contribution is 2.39. The Morgan fingerprint density at radius 2 is 1.77 bits per heavy atom. The Morgan fingerprint density at radius 1 is 1.03 bits per heavy atom. The fourth-order valence-corrected chi connectivity index (χ4v) is 3.28. The summed E-state index contributed by atoms with van der Waals surface area (Å²) in [5.74, 6) is 0.419. The van der Waals surface area contributed by atoms with E-state index < -0.39 is 5.97 Å². The lowest BCUT2D eigenvalue weighted by atomic mass is 10.1. The number of ether oxygens (including phenoxy) is 3. The van der Waals surface area contributed by atoms with Crippen molar-refractivity contribution >= 4 is 29.4 Å². The molecule has 1 aliphatic heterocycles. The fraction of sp³-hybridized carbons (Fsp3) is 0.120. The van der Waals surface area contributed by atoms with Crippen molar-refractivity contribution in [1.82, 2.24) is 0 Å². The van der Waals surface area contributed by atoms with Gasteiger partial charge in [0.1, 0.15) is 18.1 Å². The molecule has 0 saturated heterocycles. The van der Waals surface area contributed by atoms with Crippen molar-refractivity contribution in [3.8, 4) is 11.5 Å². The Balaban J connectivity index is 1.42. The molecule has 5 nitrogen and oxygen atoms in total. The summed E-state index contributed by atoms with van der Waals surface area (Å²) in [4.78, 5) is 24.7. The van der Waals surface area contributed by atoms with Crippen LogP contribution < -0.4 is 9.47 Å². The number of hydrogen-bond acceptors (Lipinski definition) is 5. The molecule has 1 aliphatic rings. The molecule has 31 heavy (non-hydrogen) atoms. The molecule has 0 radical (unpaired) electrons. The number of esters is 1. The minimum atomic E-state index is -0.482. The van der Waals surface area contributed by atoms with E-state index >= 15 is 0 Å². The second kappa shape index (κ2) is 9.06. The fourth-order valence-electron chi connectivity index (χ4n) is 3.15. The highest BCUT2D eigenvalue weighted by molar-refractivity contribution is 6.30. The van der Waals surface area contributed by atoms with E-state index in [2.05, 4.69) is 0 Å². The average molecular weight is 435 g/mol. The molecule has 0 atom stereocenters. The molecule has 0 aliphatic carbocycles. The van der Waals surface area contributed by atoms with Crippen LogP contribution in [0, 0.1) is 6.92 Å². The highest BCUT2D eigenvalue weighted by Gasteiger charge is 2.30. The Morgan fingerprint density at radius 3 is 2.52 bits per heavy atom. The summed E-state index contributed by atoms with van der Waals surface area (Å²) in [5, 5.41) is 0.615. The molecular weight excluding hydrogens is 416 g/mol. The largest absolute Gasteiger partial charge is 0.481 e. The van der Waals surface area contributed by atoms with E-state index in [4.69, 9.17) is 25.8 Å². The van der Waals surface area contributed by atoms with E-state index in [0.717, 1.165) is 11.1 Å². The molecule has 6 heteroatoms. The predicted molar refractivity (Wildman–Crippen MR) is 117 cm³/mol. The molecule has 0 unspecified atom stereocenters. The van der Waals surface area contributed by atoms with Gasteiger partial charge in [0, 0.05) is 10.6 Å². The molecule has 3 aromatic carbocycles. The zero-order chi connectivity index (χ0) is 21.8. The van der Waals surface area contributed by atoms with Gasteiger partial charge in [-0.15, -0.1) is 0 Å². The van der Waals surface area contributed by atoms with Gasteiger partial charge in [-0.3, -0.25) is 4.79 Å². The molecule has 0 spiro atoms. The van der Waals surface area contributed by atoms with Crippen molar-refractivity contribution in [3.63, 3.8) is 0 Å². The third-order valence-electron chi connectivity index (χ3n) is 4.79. The van der Waals surface area contributed by atoms with E-state index in [0.29, 0.717) is 27.6 Å². The topological polar surface area (TPSA) is 61.8 Å². The first-order valence-corrected chi connectivity index (χ1v) is 10.0. The molecule has 0 fully saturated rings. The summed E-state index contributed by atoms with van der Waals surface area (Å²) in [6, 6.07) is 19.8. The van der Waals surface area contributed by atoms with Gasteiger partial charge in [0.15, 0.2) is 12.4 Å². The number of benzene rings is 3. The number of carbonyl (C=O) groups excluding carboxylic acids is 2. The van der Waals surface area contributed by atoms with Crippen LogP contribution in [0.15, 0.2) is 72.5 Å².